The predicted octanol–water partition coefficient (Wildman–Crippen LogP) is 3.19. The van der Waals surface area contributed by atoms with Crippen molar-refractivity contribution in [1.29, 1.82) is 0 Å². The Morgan fingerprint density at radius 3 is 2.67 bits per heavy atom. The summed E-state index contributed by atoms with van der Waals surface area (Å²) in [6, 6.07) is 8.25. The number of likely N-dealkylation sites (tertiary alicyclic amines) is 1. The Kier molecular flexibility index (Phi) is 7.27. The van der Waals surface area contributed by atoms with E-state index in [2.05, 4.69) is 63.6 Å². The second-order valence-electron chi connectivity index (χ2n) is 7.01. The average Bonchev–Trinajstić information content (AvgIpc) is 3.16. The maximum Gasteiger partial charge on any atom is 0.216 e. The molecule has 0 amide bonds. The highest BCUT2D eigenvalue weighted by molar-refractivity contribution is 5.79. The molecule has 146 valence electrons. The lowest BCUT2D eigenvalue weighted by Crippen LogP contribution is -2.42. The zero-order valence-electron chi connectivity index (χ0n) is 16.5. The minimum Gasteiger partial charge on any atom is -0.439 e. The van der Waals surface area contributed by atoms with Gasteiger partial charge in [-0.05, 0) is 39.8 Å². The van der Waals surface area contributed by atoms with Gasteiger partial charge in [-0.1, -0.05) is 36.2 Å². The Labute approximate surface area is 162 Å². The number of aliphatic imine (C=N–C) groups is 1. The average molecular weight is 370 g/mol. The van der Waals surface area contributed by atoms with Gasteiger partial charge in [0.05, 0.1) is 6.20 Å². The number of rotatable bonds is 7. The molecule has 0 spiro atoms. The number of piperidine rings is 1. The molecule has 6 nitrogen and oxygen atoms in total. The van der Waals surface area contributed by atoms with Crippen LogP contribution in [0.5, 0.6) is 0 Å². The molecule has 27 heavy (non-hydrogen) atoms. The van der Waals surface area contributed by atoms with Gasteiger partial charge in [0.2, 0.25) is 5.89 Å². The highest BCUT2D eigenvalue weighted by Crippen LogP contribution is 2.21. The molecule has 0 radical (unpaired) electrons. The Morgan fingerprint density at radius 1 is 1.15 bits per heavy atom. The number of nitrogens with one attached hydrogen (secondary N) is 2. The molecule has 3 rings (SSSR count). The summed E-state index contributed by atoms with van der Waals surface area (Å²) >= 11 is 0. The molecular weight excluding hydrogens is 338 g/mol. The summed E-state index contributed by atoms with van der Waals surface area (Å²) < 4.78 is 5.86. The van der Waals surface area contributed by atoms with Crippen LogP contribution in [-0.2, 0) is 6.54 Å². The van der Waals surface area contributed by atoms with Crippen LogP contribution in [0.15, 0.2) is 39.9 Å². The molecule has 1 saturated heterocycles. The van der Waals surface area contributed by atoms with Crippen LogP contribution in [0.4, 0.5) is 0 Å². The highest BCUT2D eigenvalue weighted by atomic mass is 16.4. The fraction of sp³-hybridized carbons (Fsp3) is 0.524. The van der Waals surface area contributed by atoms with Gasteiger partial charge in [-0.25, -0.2) is 9.98 Å². The predicted molar refractivity (Wildman–Crippen MR) is 110 cm³/mol. The molecule has 1 aromatic carbocycles. The van der Waals surface area contributed by atoms with Gasteiger partial charge in [0.15, 0.2) is 11.7 Å². The Bertz CT molecular complexity index is 716. The van der Waals surface area contributed by atoms with Crippen LogP contribution >= 0.6 is 0 Å². The van der Waals surface area contributed by atoms with Crippen molar-refractivity contribution in [3.8, 4) is 11.3 Å². The van der Waals surface area contributed by atoms with Crippen molar-refractivity contribution in [2.75, 3.05) is 32.7 Å². The van der Waals surface area contributed by atoms with Gasteiger partial charge < -0.3 is 20.0 Å². The summed E-state index contributed by atoms with van der Waals surface area (Å²) in [7, 11) is 0. The number of aromatic nitrogens is 1. The van der Waals surface area contributed by atoms with Gasteiger partial charge in [0, 0.05) is 25.2 Å². The highest BCUT2D eigenvalue weighted by Gasteiger charge is 2.10. The fourth-order valence-electron chi connectivity index (χ4n) is 3.24. The first-order valence-electron chi connectivity index (χ1n) is 10.0. The van der Waals surface area contributed by atoms with E-state index in [1.54, 1.807) is 6.20 Å². The molecule has 0 aliphatic carbocycles. The van der Waals surface area contributed by atoms with Crippen molar-refractivity contribution in [3.05, 3.63) is 41.9 Å². The van der Waals surface area contributed by atoms with Crippen LogP contribution in [0, 0.1) is 6.92 Å². The third kappa shape index (κ3) is 6.10. The third-order valence-corrected chi connectivity index (χ3v) is 4.78. The molecule has 0 atom stereocenters. The second-order valence-corrected chi connectivity index (χ2v) is 7.01. The summed E-state index contributed by atoms with van der Waals surface area (Å²) in [5.74, 6) is 2.21. The maximum absolute atomic E-state index is 5.86. The lowest BCUT2D eigenvalue weighted by molar-refractivity contribution is 0.232. The molecule has 2 heterocycles. The first-order chi connectivity index (χ1) is 13.2. The Morgan fingerprint density at radius 2 is 1.93 bits per heavy atom. The second kappa shape index (κ2) is 10.1. The van der Waals surface area contributed by atoms with Crippen molar-refractivity contribution < 1.29 is 4.42 Å². The van der Waals surface area contributed by atoms with Crippen molar-refractivity contribution in [2.24, 2.45) is 4.99 Å². The SMILES string of the molecule is CCNC(=NCc1ncc(-c2ccc(C)cc2)o1)NCCN1CCCCC1. The van der Waals surface area contributed by atoms with Crippen molar-refractivity contribution in [3.63, 3.8) is 0 Å². The van der Waals surface area contributed by atoms with E-state index in [4.69, 9.17) is 4.42 Å². The van der Waals surface area contributed by atoms with Gasteiger partial charge in [0.1, 0.15) is 6.54 Å². The molecule has 1 fully saturated rings. The number of guanidine groups is 1. The largest absolute Gasteiger partial charge is 0.439 e. The van der Waals surface area contributed by atoms with Crippen molar-refractivity contribution in [2.45, 2.75) is 39.7 Å². The number of nitrogens with zero attached hydrogens (tertiary/aromatic N) is 3. The maximum atomic E-state index is 5.86. The topological polar surface area (TPSA) is 65.7 Å². The molecule has 2 aromatic rings. The Balaban J connectivity index is 1.52. The normalized spacial score (nSPS) is 15.7. The molecule has 1 aromatic heterocycles. The zero-order chi connectivity index (χ0) is 18.9. The summed E-state index contributed by atoms with van der Waals surface area (Å²) in [5.41, 5.74) is 2.27. The number of oxazole rings is 1. The van der Waals surface area contributed by atoms with E-state index in [9.17, 15) is 0 Å². The van der Waals surface area contributed by atoms with E-state index >= 15 is 0 Å². The summed E-state index contributed by atoms with van der Waals surface area (Å²) in [5, 5.41) is 6.70. The smallest absolute Gasteiger partial charge is 0.216 e. The minimum atomic E-state index is 0.422. The molecule has 6 heteroatoms. The van der Waals surface area contributed by atoms with E-state index in [0.29, 0.717) is 12.4 Å². The van der Waals surface area contributed by atoms with Gasteiger partial charge in [0.25, 0.3) is 0 Å². The molecule has 0 bridgehead atoms. The number of benzene rings is 1. The fourth-order valence-corrected chi connectivity index (χ4v) is 3.24. The van der Waals surface area contributed by atoms with Gasteiger partial charge >= 0.3 is 0 Å². The lowest BCUT2D eigenvalue weighted by atomic mass is 10.1. The van der Waals surface area contributed by atoms with Crippen LogP contribution < -0.4 is 10.6 Å². The van der Waals surface area contributed by atoms with E-state index in [1.807, 2.05) is 0 Å². The van der Waals surface area contributed by atoms with E-state index in [0.717, 1.165) is 36.9 Å². The van der Waals surface area contributed by atoms with E-state index < -0.39 is 0 Å². The van der Waals surface area contributed by atoms with E-state index in [1.165, 1.54) is 37.9 Å². The minimum absolute atomic E-state index is 0.422. The third-order valence-electron chi connectivity index (χ3n) is 4.78. The van der Waals surface area contributed by atoms with Gasteiger partial charge in [-0.15, -0.1) is 0 Å². The molecule has 0 unspecified atom stereocenters. The lowest BCUT2D eigenvalue weighted by Gasteiger charge is -2.26. The van der Waals surface area contributed by atoms with Crippen LogP contribution in [-0.4, -0.2) is 48.6 Å². The number of aryl methyl sites for hydroxylation is 1. The van der Waals surface area contributed by atoms with Gasteiger partial charge in [-0.2, -0.15) is 0 Å². The number of hydrogen-bond donors (Lipinski definition) is 2. The number of hydrogen-bond acceptors (Lipinski definition) is 4. The van der Waals surface area contributed by atoms with Crippen LogP contribution in [0.3, 0.4) is 0 Å². The molecule has 2 N–H and O–H groups in total. The Hall–Kier alpha value is -2.34. The van der Waals surface area contributed by atoms with Crippen LogP contribution in [0.25, 0.3) is 11.3 Å². The first kappa shape index (κ1) is 19.4. The van der Waals surface area contributed by atoms with Crippen LogP contribution in [0.2, 0.25) is 0 Å². The standard InChI is InChI=1S/C21H31N5O/c1-3-22-21(23-11-14-26-12-5-4-6-13-26)25-16-20-24-15-19(27-20)18-9-7-17(2)8-10-18/h7-10,15H,3-6,11-14,16H2,1-2H3,(H2,22,23,25). The first-order valence-corrected chi connectivity index (χ1v) is 10.0. The van der Waals surface area contributed by atoms with E-state index in [-0.39, 0.29) is 0 Å². The summed E-state index contributed by atoms with van der Waals surface area (Å²) in [6.07, 6.45) is 5.78. The van der Waals surface area contributed by atoms with Gasteiger partial charge in [-0.3, -0.25) is 0 Å². The molecule has 1 aliphatic rings. The monoisotopic (exact) mass is 369 g/mol. The zero-order valence-corrected chi connectivity index (χ0v) is 16.5. The molecule has 1 aliphatic heterocycles. The molecule has 0 saturated carbocycles. The van der Waals surface area contributed by atoms with Crippen molar-refractivity contribution >= 4 is 5.96 Å². The van der Waals surface area contributed by atoms with Crippen LogP contribution in [0.1, 0.15) is 37.6 Å². The summed E-state index contributed by atoms with van der Waals surface area (Å²) in [6.45, 7) is 9.78. The quantitative estimate of drug-likeness (QED) is 0.580. The summed E-state index contributed by atoms with van der Waals surface area (Å²) in [4.78, 5) is 11.5. The van der Waals surface area contributed by atoms with Crippen molar-refractivity contribution in [1.82, 2.24) is 20.5 Å². The molecular formula is C21H31N5O.